The van der Waals surface area contributed by atoms with E-state index in [1.807, 2.05) is 30.0 Å². The zero-order valence-corrected chi connectivity index (χ0v) is 19.2. The molecule has 1 unspecified atom stereocenters. The Balaban J connectivity index is 1.66. The number of ether oxygens (including phenoxy) is 1. The van der Waals surface area contributed by atoms with Crippen LogP contribution in [-0.4, -0.2) is 69.2 Å². The highest BCUT2D eigenvalue weighted by Gasteiger charge is 2.49. The summed E-state index contributed by atoms with van der Waals surface area (Å²) < 4.78 is 7.37. The first-order valence-corrected chi connectivity index (χ1v) is 11.5. The van der Waals surface area contributed by atoms with E-state index in [1.165, 1.54) is 12.8 Å². The minimum absolute atomic E-state index is 0.0640. The van der Waals surface area contributed by atoms with Crippen LogP contribution in [0.2, 0.25) is 0 Å². The number of amides is 1. The van der Waals surface area contributed by atoms with Crippen LogP contribution >= 0.6 is 0 Å². The number of hydrogen-bond donors (Lipinski definition) is 0. The quantitative estimate of drug-likeness (QED) is 0.677. The Morgan fingerprint density at radius 3 is 2.65 bits per heavy atom. The number of methoxy groups -OCH3 is 1. The highest BCUT2D eigenvalue weighted by atomic mass is 16.5. The molecule has 168 valence electrons. The minimum Gasteiger partial charge on any atom is -0.497 e. The molecule has 0 bridgehead atoms. The van der Waals surface area contributed by atoms with Gasteiger partial charge in [0.25, 0.3) is 5.91 Å². The fraction of sp³-hybridized carbons (Fsp3) is 0.652. The number of tetrazole rings is 1. The smallest absolute Gasteiger partial charge is 0.254 e. The molecule has 1 atom stereocenters. The minimum atomic E-state index is -0.356. The topological polar surface area (TPSA) is 76.4 Å². The summed E-state index contributed by atoms with van der Waals surface area (Å²) in [6, 6.07) is 6.01. The number of benzene rings is 1. The molecule has 8 nitrogen and oxygen atoms in total. The second-order valence-corrected chi connectivity index (χ2v) is 8.75. The lowest BCUT2D eigenvalue weighted by molar-refractivity contribution is 0.0660. The average Bonchev–Trinajstić information content (AvgIpc) is 3.54. The SMILES string of the molecule is CCN(CC)C1(c2nnnn2C2CCCC2)CCN(C(=O)c2ccc(OC)cc2C)C1. The molecule has 0 N–H and O–H groups in total. The molecule has 1 amide bonds. The summed E-state index contributed by atoms with van der Waals surface area (Å²) in [6.45, 7) is 9.38. The van der Waals surface area contributed by atoms with E-state index in [0.29, 0.717) is 19.1 Å². The molecular formula is C23H34N6O2. The lowest BCUT2D eigenvalue weighted by atomic mass is 9.94. The third kappa shape index (κ3) is 3.82. The van der Waals surface area contributed by atoms with Crippen LogP contribution in [0.5, 0.6) is 5.75 Å². The van der Waals surface area contributed by atoms with Gasteiger partial charge in [-0.05, 0) is 73.5 Å². The van der Waals surface area contributed by atoms with Crippen LogP contribution in [0.15, 0.2) is 18.2 Å². The predicted octanol–water partition coefficient (Wildman–Crippen LogP) is 3.19. The van der Waals surface area contributed by atoms with Gasteiger partial charge < -0.3 is 9.64 Å². The summed E-state index contributed by atoms with van der Waals surface area (Å²) >= 11 is 0. The normalized spacial score (nSPS) is 21.9. The molecule has 2 aromatic rings. The molecule has 2 fully saturated rings. The maximum Gasteiger partial charge on any atom is 0.254 e. The van der Waals surface area contributed by atoms with Crippen molar-refractivity contribution in [1.82, 2.24) is 30.0 Å². The predicted molar refractivity (Wildman–Crippen MR) is 118 cm³/mol. The standard InChI is InChI=1S/C23H34N6O2/c1-5-28(6-2)23(22-24-25-26-29(22)18-9-7-8-10-18)13-14-27(16-23)21(30)20-12-11-19(31-4)15-17(20)3/h11-12,15,18H,5-10,13-14,16H2,1-4H3. The summed E-state index contributed by atoms with van der Waals surface area (Å²) in [5.74, 6) is 1.75. The first-order valence-electron chi connectivity index (χ1n) is 11.5. The average molecular weight is 427 g/mol. The van der Waals surface area contributed by atoms with Gasteiger partial charge in [0.1, 0.15) is 11.3 Å². The van der Waals surface area contributed by atoms with E-state index in [9.17, 15) is 4.79 Å². The zero-order valence-electron chi connectivity index (χ0n) is 19.2. The first-order chi connectivity index (χ1) is 15.0. The highest BCUT2D eigenvalue weighted by molar-refractivity contribution is 5.96. The van der Waals surface area contributed by atoms with Crippen LogP contribution < -0.4 is 4.74 Å². The number of rotatable bonds is 7. The van der Waals surface area contributed by atoms with Crippen LogP contribution in [0.4, 0.5) is 0 Å². The number of likely N-dealkylation sites (N-methyl/N-ethyl adjacent to an activating group) is 1. The van der Waals surface area contributed by atoms with Crippen LogP contribution in [0, 0.1) is 6.92 Å². The van der Waals surface area contributed by atoms with Crippen LogP contribution in [0.3, 0.4) is 0 Å². The van der Waals surface area contributed by atoms with Crippen molar-refractivity contribution < 1.29 is 9.53 Å². The van der Waals surface area contributed by atoms with Gasteiger partial charge in [0.2, 0.25) is 0 Å². The van der Waals surface area contributed by atoms with Crippen molar-refractivity contribution in [2.75, 3.05) is 33.3 Å². The molecule has 31 heavy (non-hydrogen) atoms. The number of hydrogen-bond acceptors (Lipinski definition) is 6. The molecule has 1 aromatic carbocycles. The summed E-state index contributed by atoms with van der Waals surface area (Å²) in [5, 5.41) is 13.0. The van der Waals surface area contributed by atoms with Crippen molar-refractivity contribution in [2.24, 2.45) is 0 Å². The number of aromatic nitrogens is 4. The monoisotopic (exact) mass is 426 g/mol. The lowest BCUT2D eigenvalue weighted by Gasteiger charge is -2.39. The van der Waals surface area contributed by atoms with E-state index in [-0.39, 0.29) is 11.4 Å². The van der Waals surface area contributed by atoms with E-state index in [4.69, 9.17) is 4.74 Å². The Morgan fingerprint density at radius 1 is 1.26 bits per heavy atom. The summed E-state index contributed by atoms with van der Waals surface area (Å²) in [4.78, 5) is 17.9. The van der Waals surface area contributed by atoms with Gasteiger partial charge in [0, 0.05) is 18.7 Å². The molecule has 1 aliphatic heterocycles. The Hall–Kier alpha value is -2.48. The van der Waals surface area contributed by atoms with Gasteiger partial charge in [0.15, 0.2) is 5.82 Å². The Labute approximate surface area is 184 Å². The van der Waals surface area contributed by atoms with E-state index in [1.54, 1.807) is 7.11 Å². The summed E-state index contributed by atoms with van der Waals surface area (Å²) in [6.07, 6.45) is 5.54. The molecule has 1 aliphatic carbocycles. The van der Waals surface area contributed by atoms with Crippen molar-refractivity contribution in [1.29, 1.82) is 0 Å². The molecule has 1 saturated carbocycles. The number of nitrogens with zero attached hydrogens (tertiary/aromatic N) is 6. The van der Waals surface area contributed by atoms with Gasteiger partial charge in [-0.2, -0.15) is 0 Å². The molecule has 1 aromatic heterocycles. The highest BCUT2D eigenvalue weighted by Crippen LogP contribution is 2.40. The number of carbonyl (C=O) groups is 1. The number of aryl methyl sites for hydroxylation is 1. The third-order valence-corrected chi connectivity index (χ3v) is 7.15. The van der Waals surface area contributed by atoms with Gasteiger partial charge in [-0.1, -0.05) is 26.7 Å². The van der Waals surface area contributed by atoms with Gasteiger partial charge in [-0.25, -0.2) is 4.68 Å². The molecule has 8 heteroatoms. The third-order valence-electron chi connectivity index (χ3n) is 7.15. The summed E-state index contributed by atoms with van der Waals surface area (Å²) in [5.41, 5.74) is 1.30. The van der Waals surface area contributed by atoms with Gasteiger partial charge in [0.05, 0.1) is 13.2 Å². The van der Waals surface area contributed by atoms with Crippen LogP contribution in [0.1, 0.15) is 73.7 Å². The molecular weight excluding hydrogens is 392 g/mol. The molecule has 0 spiro atoms. The fourth-order valence-electron chi connectivity index (χ4n) is 5.45. The molecule has 2 aliphatic rings. The molecule has 4 rings (SSSR count). The molecule has 1 saturated heterocycles. The van der Waals surface area contributed by atoms with Crippen molar-refractivity contribution in [3.8, 4) is 5.75 Å². The van der Waals surface area contributed by atoms with E-state index < -0.39 is 0 Å². The lowest BCUT2D eigenvalue weighted by Crippen LogP contribution is -2.50. The maximum atomic E-state index is 13.5. The van der Waals surface area contributed by atoms with E-state index in [0.717, 1.165) is 55.1 Å². The fourth-order valence-corrected chi connectivity index (χ4v) is 5.45. The van der Waals surface area contributed by atoms with Crippen molar-refractivity contribution in [3.63, 3.8) is 0 Å². The number of carbonyl (C=O) groups excluding carboxylic acids is 1. The second kappa shape index (κ2) is 8.94. The van der Waals surface area contributed by atoms with Crippen LogP contribution in [0.25, 0.3) is 0 Å². The van der Waals surface area contributed by atoms with Gasteiger partial charge in [-0.3, -0.25) is 9.69 Å². The zero-order chi connectivity index (χ0) is 22.0. The summed E-state index contributed by atoms with van der Waals surface area (Å²) in [7, 11) is 1.64. The van der Waals surface area contributed by atoms with Crippen molar-refractivity contribution in [2.45, 2.75) is 64.5 Å². The maximum absolute atomic E-state index is 13.5. The van der Waals surface area contributed by atoms with E-state index >= 15 is 0 Å². The second-order valence-electron chi connectivity index (χ2n) is 8.75. The largest absolute Gasteiger partial charge is 0.497 e. The van der Waals surface area contributed by atoms with Gasteiger partial charge >= 0.3 is 0 Å². The molecule has 2 heterocycles. The van der Waals surface area contributed by atoms with Crippen molar-refractivity contribution in [3.05, 3.63) is 35.2 Å². The van der Waals surface area contributed by atoms with Crippen molar-refractivity contribution >= 4 is 5.91 Å². The number of likely N-dealkylation sites (tertiary alicyclic amines) is 1. The Kier molecular flexibility index (Phi) is 6.27. The molecule has 0 radical (unpaired) electrons. The van der Waals surface area contributed by atoms with Gasteiger partial charge in [-0.15, -0.1) is 5.10 Å². The van der Waals surface area contributed by atoms with E-state index in [2.05, 4.69) is 39.0 Å². The van der Waals surface area contributed by atoms with Crippen LogP contribution in [-0.2, 0) is 5.54 Å². The first kappa shape index (κ1) is 21.7. The Morgan fingerprint density at radius 2 is 2.00 bits per heavy atom. The Bertz CT molecular complexity index is 919.